The molecule has 2 N–H and O–H groups in total. The lowest BCUT2D eigenvalue weighted by Crippen LogP contribution is -2.08. The number of aliphatic imine (C=N–C) groups is 2. The minimum atomic E-state index is -0.575. The zero-order chi connectivity index (χ0) is 48.3. The minimum absolute atomic E-state index is 0.0386. The molecule has 0 aliphatic rings. The molecule has 0 fully saturated rings. The second-order valence-electron chi connectivity index (χ2n) is 18.4. The van der Waals surface area contributed by atoms with E-state index in [-0.39, 0.29) is 17.1 Å². The number of halogens is 1. The molecule has 0 amide bonds. The van der Waals surface area contributed by atoms with E-state index in [2.05, 4.69) is 23.8 Å². The zero-order valence-electron chi connectivity index (χ0n) is 41.7. The van der Waals surface area contributed by atoms with Crippen LogP contribution in [-0.4, -0.2) is 41.8 Å². The third-order valence-corrected chi connectivity index (χ3v) is 12.8. The Morgan fingerprint density at radius 3 is 1.26 bits per heavy atom. The summed E-state index contributed by atoms with van der Waals surface area (Å²) in [6.45, 7) is 5.78. The summed E-state index contributed by atoms with van der Waals surface area (Å²) in [7, 11) is 0. The number of nitrogens with zero attached hydrogens (tertiary/aromatic N) is 2. The molecule has 372 valence electrons. The lowest BCUT2D eigenvalue weighted by Gasteiger charge is -2.08. The number of unbranched alkanes of at least 4 members (excludes halogenated alkanes) is 26. The largest absolute Gasteiger partial charge is 0.507 e. The fraction of sp³-hybridized carbons (Fsp3) is 0.542. The van der Waals surface area contributed by atoms with Gasteiger partial charge in [-0.25, -0.2) is 4.79 Å². The van der Waals surface area contributed by atoms with Crippen molar-refractivity contribution in [3.05, 3.63) is 101 Å². The number of carbonyl (C=O) groups is 1. The molecule has 4 aromatic carbocycles. The fourth-order valence-electron chi connectivity index (χ4n) is 8.21. The average Bonchev–Trinajstić information content (AvgIpc) is 3.34. The smallest absolute Gasteiger partial charge is 0.343 e. The standard InChI is InChI=1S/C59H83ClN2O6/c1-3-5-7-9-11-13-15-17-19-21-23-25-27-29-41-66-53-36-31-49(57(63)44-53)46-61-51-34-38-52(39-35-51)68-59(65)48-33-40-55(60)56(43-48)62-47-50-32-37-54(45-58(50)64)67-42-30-28-26-24-22-20-18-16-14-12-10-8-6-4-2/h31-40,43-47,63-64H,3-30,41-42H2,1-2H3. The number of carbonyl (C=O) groups excluding carboxylic acids is 1. The van der Waals surface area contributed by atoms with Gasteiger partial charge in [-0.1, -0.05) is 192 Å². The second kappa shape index (κ2) is 35.3. The molecule has 0 aromatic heterocycles. The van der Waals surface area contributed by atoms with E-state index in [4.69, 9.17) is 25.8 Å². The number of phenols is 2. The van der Waals surface area contributed by atoms with Crippen molar-refractivity contribution in [3.63, 3.8) is 0 Å². The van der Waals surface area contributed by atoms with E-state index >= 15 is 0 Å². The van der Waals surface area contributed by atoms with Gasteiger partial charge in [0.25, 0.3) is 0 Å². The van der Waals surface area contributed by atoms with Crippen LogP contribution in [0.15, 0.2) is 88.8 Å². The summed E-state index contributed by atoms with van der Waals surface area (Å²) in [5, 5.41) is 21.7. The predicted octanol–water partition coefficient (Wildman–Crippen LogP) is 18.2. The van der Waals surface area contributed by atoms with Crippen molar-refractivity contribution in [2.24, 2.45) is 9.98 Å². The van der Waals surface area contributed by atoms with Gasteiger partial charge >= 0.3 is 5.97 Å². The van der Waals surface area contributed by atoms with Gasteiger partial charge in [-0.15, -0.1) is 0 Å². The van der Waals surface area contributed by atoms with E-state index < -0.39 is 5.97 Å². The summed E-state index contributed by atoms with van der Waals surface area (Å²) in [6, 6.07) is 21.9. The Kier molecular flexibility index (Phi) is 29.0. The highest BCUT2D eigenvalue weighted by Crippen LogP contribution is 2.30. The van der Waals surface area contributed by atoms with Gasteiger partial charge in [-0.05, 0) is 79.6 Å². The Labute approximate surface area is 415 Å². The van der Waals surface area contributed by atoms with Crippen LogP contribution in [0.2, 0.25) is 5.02 Å². The van der Waals surface area contributed by atoms with Gasteiger partial charge in [0.05, 0.1) is 35.2 Å². The maximum atomic E-state index is 13.1. The highest BCUT2D eigenvalue weighted by atomic mass is 35.5. The van der Waals surface area contributed by atoms with Crippen molar-refractivity contribution < 1.29 is 29.2 Å². The van der Waals surface area contributed by atoms with Gasteiger partial charge in [-0.3, -0.25) is 9.98 Å². The van der Waals surface area contributed by atoms with E-state index in [1.807, 2.05) is 12.1 Å². The third kappa shape index (κ3) is 24.0. The number of esters is 1. The lowest BCUT2D eigenvalue weighted by molar-refractivity contribution is 0.0734. The van der Waals surface area contributed by atoms with Crippen molar-refractivity contribution in [2.75, 3.05) is 13.2 Å². The first-order chi connectivity index (χ1) is 33.4. The van der Waals surface area contributed by atoms with Crippen LogP contribution < -0.4 is 14.2 Å². The molecule has 0 aliphatic heterocycles. The molecular formula is C59H83ClN2O6. The molecule has 4 rings (SSSR count). The number of hydrogen-bond donors (Lipinski definition) is 2. The molecule has 0 atom stereocenters. The Morgan fingerprint density at radius 1 is 0.471 bits per heavy atom. The van der Waals surface area contributed by atoms with Gasteiger partial charge in [0.1, 0.15) is 28.7 Å². The zero-order valence-corrected chi connectivity index (χ0v) is 42.4. The number of ether oxygens (including phenoxy) is 3. The number of benzene rings is 4. The van der Waals surface area contributed by atoms with Crippen molar-refractivity contribution >= 4 is 41.4 Å². The molecule has 8 nitrogen and oxygen atoms in total. The van der Waals surface area contributed by atoms with Crippen molar-refractivity contribution in [2.45, 2.75) is 194 Å². The van der Waals surface area contributed by atoms with Crippen LogP contribution in [0.4, 0.5) is 11.4 Å². The molecule has 0 heterocycles. The molecule has 0 saturated heterocycles. The van der Waals surface area contributed by atoms with Crippen molar-refractivity contribution in [3.8, 4) is 28.7 Å². The number of rotatable bonds is 38. The fourth-order valence-corrected chi connectivity index (χ4v) is 8.37. The van der Waals surface area contributed by atoms with Gasteiger partial charge in [0, 0.05) is 35.7 Å². The van der Waals surface area contributed by atoms with E-state index in [1.165, 1.54) is 160 Å². The minimum Gasteiger partial charge on any atom is -0.507 e. The van der Waals surface area contributed by atoms with Crippen LogP contribution in [-0.2, 0) is 0 Å². The second-order valence-corrected chi connectivity index (χ2v) is 18.8. The first kappa shape index (κ1) is 55.8. The maximum Gasteiger partial charge on any atom is 0.343 e. The average molecular weight is 952 g/mol. The van der Waals surface area contributed by atoms with Crippen LogP contribution in [0.3, 0.4) is 0 Å². The van der Waals surface area contributed by atoms with Gasteiger partial charge in [-0.2, -0.15) is 0 Å². The maximum absolute atomic E-state index is 13.1. The van der Waals surface area contributed by atoms with Gasteiger partial charge in [0.2, 0.25) is 0 Å². The molecule has 68 heavy (non-hydrogen) atoms. The Balaban J connectivity index is 1.10. The van der Waals surface area contributed by atoms with E-state index in [0.29, 0.717) is 58.0 Å². The lowest BCUT2D eigenvalue weighted by atomic mass is 10.0. The van der Waals surface area contributed by atoms with E-state index in [9.17, 15) is 15.0 Å². The Bertz CT molecular complexity index is 2030. The monoisotopic (exact) mass is 951 g/mol. The molecule has 9 heteroatoms. The third-order valence-electron chi connectivity index (χ3n) is 12.5. The topological polar surface area (TPSA) is 110 Å². The summed E-state index contributed by atoms with van der Waals surface area (Å²) in [5.41, 5.74) is 2.31. The van der Waals surface area contributed by atoms with Gasteiger partial charge < -0.3 is 24.4 Å². The number of hydrogen-bond acceptors (Lipinski definition) is 8. The SMILES string of the molecule is CCCCCCCCCCCCCCCCOc1ccc(C=Nc2ccc(OC(=O)c3ccc(Cl)c(N=Cc4ccc(OCCCCCCCCCCCCCCCC)cc4O)c3)cc2)c(O)c1. The molecule has 0 saturated carbocycles. The Morgan fingerprint density at radius 2 is 0.853 bits per heavy atom. The highest BCUT2D eigenvalue weighted by Gasteiger charge is 2.12. The summed E-state index contributed by atoms with van der Waals surface area (Å²) in [5.74, 6) is 1.14. The van der Waals surface area contributed by atoms with Crippen LogP contribution in [0.1, 0.15) is 215 Å². The molecule has 4 aromatic rings. The molecule has 0 radical (unpaired) electrons. The molecule has 0 bridgehead atoms. The molecular weight excluding hydrogens is 868 g/mol. The molecule has 0 unspecified atom stereocenters. The number of aromatic hydroxyl groups is 2. The quantitative estimate of drug-likeness (QED) is 0.0200. The van der Waals surface area contributed by atoms with Crippen LogP contribution in [0.5, 0.6) is 28.7 Å². The molecule has 0 aliphatic carbocycles. The van der Waals surface area contributed by atoms with E-state index in [1.54, 1.807) is 72.9 Å². The highest BCUT2D eigenvalue weighted by molar-refractivity contribution is 6.33. The first-order valence-electron chi connectivity index (χ1n) is 26.5. The van der Waals surface area contributed by atoms with E-state index in [0.717, 1.165) is 25.7 Å². The van der Waals surface area contributed by atoms with Gasteiger partial charge in [0.15, 0.2) is 0 Å². The summed E-state index contributed by atoms with van der Waals surface area (Å²) in [4.78, 5) is 22.1. The van der Waals surface area contributed by atoms with Crippen LogP contribution in [0.25, 0.3) is 0 Å². The Hall–Kier alpha value is -4.82. The summed E-state index contributed by atoms with van der Waals surface area (Å²) >= 11 is 6.44. The van der Waals surface area contributed by atoms with Crippen molar-refractivity contribution in [1.82, 2.24) is 0 Å². The predicted molar refractivity (Wildman–Crippen MR) is 285 cm³/mol. The number of phenolic OH excluding ortho intramolecular Hbond substituents is 2. The first-order valence-corrected chi connectivity index (χ1v) is 26.9. The summed E-state index contributed by atoms with van der Waals surface area (Å²) in [6.07, 6.45) is 39.9. The summed E-state index contributed by atoms with van der Waals surface area (Å²) < 4.78 is 17.4. The van der Waals surface area contributed by atoms with Crippen molar-refractivity contribution in [1.29, 1.82) is 0 Å². The normalized spacial score (nSPS) is 11.5. The van der Waals surface area contributed by atoms with Crippen LogP contribution >= 0.6 is 11.6 Å². The van der Waals surface area contributed by atoms with Crippen LogP contribution in [0, 0.1) is 0 Å². The molecule has 0 spiro atoms.